The van der Waals surface area contributed by atoms with Crippen LogP contribution in [0.5, 0.6) is 0 Å². The first kappa shape index (κ1) is 25.9. The van der Waals surface area contributed by atoms with Crippen LogP contribution in [0, 0.1) is 5.92 Å². The number of carbonyl (C=O) groups is 1. The van der Waals surface area contributed by atoms with Gasteiger partial charge in [0.25, 0.3) is 0 Å². The number of benzene rings is 1. The van der Waals surface area contributed by atoms with Gasteiger partial charge in [-0.15, -0.1) is 24.0 Å². The zero-order valence-corrected chi connectivity index (χ0v) is 21.4. The average molecular weight is 543 g/mol. The Hall–Kier alpha value is -1.35. The van der Waals surface area contributed by atoms with Gasteiger partial charge in [-0.05, 0) is 44.2 Å². The number of nitrogens with zero attached hydrogens (tertiary/aromatic N) is 2. The van der Waals surface area contributed by atoms with Gasteiger partial charge in [-0.3, -0.25) is 4.79 Å². The van der Waals surface area contributed by atoms with Gasteiger partial charge >= 0.3 is 0 Å². The number of nitrogens with one attached hydrogen (secondary N) is 2. The lowest BCUT2D eigenvalue weighted by atomic mass is 9.88. The van der Waals surface area contributed by atoms with Crippen molar-refractivity contribution in [1.29, 1.82) is 0 Å². The first-order valence-electron chi connectivity index (χ1n) is 11.7. The van der Waals surface area contributed by atoms with Gasteiger partial charge in [-0.2, -0.15) is 0 Å². The van der Waals surface area contributed by atoms with Crippen LogP contribution in [0.1, 0.15) is 63.5 Å². The first-order chi connectivity index (χ1) is 14.7. The Labute approximate surface area is 204 Å². The third kappa shape index (κ3) is 7.93. The van der Waals surface area contributed by atoms with E-state index in [0.29, 0.717) is 25.7 Å². The van der Waals surface area contributed by atoms with Crippen molar-refractivity contribution in [3.63, 3.8) is 0 Å². The molecule has 1 atom stereocenters. The van der Waals surface area contributed by atoms with Gasteiger partial charge in [0.05, 0.1) is 13.2 Å². The molecule has 0 bridgehead atoms. The summed E-state index contributed by atoms with van der Waals surface area (Å²) >= 11 is 0. The molecule has 1 unspecified atom stereocenters. The van der Waals surface area contributed by atoms with E-state index >= 15 is 0 Å². The molecule has 2 aliphatic rings. The Morgan fingerprint density at radius 2 is 1.87 bits per heavy atom. The second-order valence-electron chi connectivity index (χ2n) is 8.35. The van der Waals surface area contributed by atoms with E-state index in [1.54, 1.807) is 0 Å². The minimum Gasteiger partial charge on any atom is -0.377 e. The highest BCUT2D eigenvalue weighted by Gasteiger charge is 2.31. The quantitative estimate of drug-likeness (QED) is 0.295. The van der Waals surface area contributed by atoms with Gasteiger partial charge in [-0.25, -0.2) is 4.99 Å². The van der Waals surface area contributed by atoms with E-state index in [2.05, 4.69) is 34.6 Å². The van der Waals surface area contributed by atoms with Crippen LogP contribution < -0.4 is 10.6 Å². The summed E-state index contributed by atoms with van der Waals surface area (Å²) in [5, 5.41) is 6.91. The molecule has 1 amide bonds. The van der Waals surface area contributed by atoms with Gasteiger partial charge in [0, 0.05) is 38.2 Å². The highest BCUT2D eigenvalue weighted by molar-refractivity contribution is 14.0. The maximum atomic E-state index is 12.8. The molecule has 3 rings (SSSR count). The molecule has 2 fully saturated rings. The maximum Gasteiger partial charge on any atom is 0.225 e. The SMILES string of the molecule is CCNC(=NCc1ccccc1COCC)NC1CCN(C(=O)C2CCCCC2)C1.I. The van der Waals surface area contributed by atoms with Crippen LogP contribution in [0.25, 0.3) is 0 Å². The van der Waals surface area contributed by atoms with Crippen LogP contribution in [-0.4, -0.2) is 49.0 Å². The summed E-state index contributed by atoms with van der Waals surface area (Å²) in [5.74, 6) is 1.44. The van der Waals surface area contributed by atoms with E-state index < -0.39 is 0 Å². The molecular formula is C24H39IN4O2. The van der Waals surface area contributed by atoms with Crippen molar-refractivity contribution in [1.82, 2.24) is 15.5 Å². The van der Waals surface area contributed by atoms with E-state index in [4.69, 9.17) is 9.73 Å². The number of hydrogen-bond acceptors (Lipinski definition) is 3. The van der Waals surface area contributed by atoms with Crippen LogP contribution in [0.3, 0.4) is 0 Å². The second-order valence-corrected chi connectivity index (χ2v) is 8.35. The zero-order chi connectivity index (χ0) is 21.2. The lowest BCUT2D eigenvalue weighted by Gasteiger charge is -2.26. The highest BCUT2D eigenvalue weighted by atomic mass is 127. The number of aliphatic imine (C=N–C) groups is 1. The number of likely N-dealkylation sites (tertiary alicyclic amines) is 1. The molecule has 7 heteroatoms. The van der Waals surface area contributed by atoms with Crippen molar-refractivity contribution in [2.24, 2.45) is 10.9 Å². The number of rotatable bonds is 8. The van der Waals surface area contributed by atoms with E-state index in [1.807, 2.05) is 19.1 Å². The molecule has 1 saturated heterocycles. The summed E-state index contributed by atoms with van der Waals surface area (Å²) in [6, 6.07) is 8.57. The fourth-order valence-electron chi connectivity index (χ4n) is 4.43. The van der Waals surface area contributed by atoms with Crippen molar-refractivity contribution < 1.29 is 9.53 Å². The fourth-order valence-corrected chi connectivity index (χ4v) is 4.43. The summed E-state index contributed by atoms with van der Waals surface area (Å²) in [6.07, 6.45) is 6.80. The van der Waals surface area contributed by atoms with Gasteiger partial charge in [0.2, 0.25) is 5.91 Å². The largest absolute Gasteiger partial charge is 0.377 e. The van der Waals surface area contributed by atoms with E-state index in [-0.39, 0.29) is 35.9 Å². The van der Waals surface area contributed by atoms with E-state index in [0.717, 1.165) is 44.9 Å². The smallest absolute Gasteiger partial charge is 0.225 e. The molecule has 6 nitrogen and oxygen atoms in total. The molecule has 1 saturated carbocycles. The summed E-state index contributed by atoms with van der Waals surface area (Å²) < 4.78 is 5.59. The van der Waals surface area contributed by atoms with Crippen molar-refractivity contribution in [3.8, 4) is 0 Å². The Kier molecular flexibility index (Phi) is 11.6. The summed E-state index contributed by atoms with van der Waals surface area (Å²) in [6.45, 7) is 8.46. The van der Waals surface area contributed by atoms with Crippen molar-refractivity contribution in [3.05, 3.63) is 35.4 Å². The molecule has 1 aromatic carbocycles. The Morgan fingerprint density at radius 1 is 1.13 bits per heavy atom. The fraction of sp³-hybridized carbons (Fsp3) is 0.667. The van der Waals surface area contributed by atoms with Crippen LogP contribution >= 0.6 is 24.0 Å². The van der Waals surface area contributed by atoms with Crippen LogP contribution in [-0.2, 0) is 22.7 Å². The number of halogens is 1. The molecule has 1 aromatic rings. The van der Waals surface area contributed by atoms with Crippen molar-refractivity contribution in [2.75, 3.05) is 26.2 Å². The van der Waals surface area contributed by atoms with Crippen LogP contribution in [0.2, 0.25) is 0 Å². The lowest BCUT2D eigenvalue weighted by Crippen LogP contribution is -2.45. The van der Waals surface area contributed by atoms with E-state index in [9.17, 15) is 4.79 Å². The van der Waals surface area contributed by atoms with Gasteiger partial charge in [-0.1, -0.05) is 43.5 Å². The number of carbonyl (C=O) groups excluding carboxylic acids is 1. The van der Waals surface area contributed by atoms with Gasteiger partial charge < -0.3 is 20.3 Å². The number of amides is 1. The van der Waals surface area contributed by atoms with Crippen LogP contribution in [0.15, 0.2) is 29.3 Å². The molecule has 0 spiro atoms. The summed E-state index contributed by atoms with van der Waals surface area (Å²) in [4.78, 5) is 19.7. The molecular weight excluding hydrogens is 503 g/mol. The molecule has 31 heavy (non-hydrogen) atoms. The molecule has 0 radical (unpaired) electrons. The van der Waals surface area contributed by atoms with Gasteiger partial charge in [0.1, 0.15) is 0 Å². The monoisotopic (exact) mass is 542 g/mol. The number of hydrogen-bond donors (Lipinski definition) is 2. The van der Waals surface area contributed by atoms with Gasteiger partial charge in [0.15, 0.2) is 5.96 Å². The summed E-state index contributed by atoms with van der Waals surface area (Å²) in [7, 11) is 0. The second kappa shape index (κ2) is 13.9. The molecule has 2 N–H and O–H groups in total. The third-order valence-corrected chi connectivity index (χ3v) is 6.13. The normalized spacial score (nSPS) is 19.7. The minimum atomic E-state index is 0. The minimum absolute atomic E-state index is 0. The number of ether oxygens (including phenoxy) is 1. The average Bonchev–Trinajstić information content (AvgIpc) is 3.25. The predicted molar refractivity (Wildman–Crippen MR) is 137 cm³/mol. The Bertz CT molecular complexity index is 707. The molecule has 1 aliphatic heterocycles. The summed E-state index contributed by atoms with van der Waals surface area (Å²) in [5.41, 5.74) is 2.37. The first-order valence-corrected chi connectivity index (χ1v) is 11.7. The molecule has 0 aromatic heterocycles. The molecule has 1 aliphatic carbocycles. The zero-order valence-electron chi connectivity index (χ0n) is 19.1. The standard InChI is InChI=1S/C24H38N4O2.HI/c1-3-25-24(26-16-20-12-8-9-13-21(20)18-30-4-2)27-22-14-15-28(17-22)23(29)19-10-6-5-7-11-19;/h8-9,12-13,19,22H,3-7,10-11,14-18H2,1-2H3,(H2,25,26,27);1H. The maximum absolute atomic E-state index is 12.8. The Balaban J connectivity index is 0.00000341. The molecule has 174 valence electrons. The predicted octanol–water partition coefficient (Wildman–Crippen LogP) is 4.08. The van der Waals surface area contributed by atoms with Crippen LogP contribution in [0.4, 0.5) is 0 Å². The Morgan fingerprint density at radius 3 is 2.58 bits per heavy atom. The van der Waals surface area contributed by atoms with E-state index in [1.165, 1.54) is 30.4 Å². The highest BCUT2D eigenvalue weighted by Crippen LogP contribution is 2.26. The topological polar surface area (TPSA) is 66.0 Å². The van der Waals surface area contributed by atoms with Crippen molar-refractivity contribution in [2.45, 2.75) is 71.6 Å². The lowest BCUT2D eigenvalue weighted by molar-refractivity contribution is -0.135. The number of guanidine groups is 1. The third-order valence-electron chi connectivity index (χ3n) is 6.13. The molecule has 1 heterocycles. The van der Waals surface area contributed by atoms with Crippen molar-refractivity contribution >= 4 is 35.8 Å².